The smallest absolute Gasteiger partial charge is 0.255 e. The van der Waals surface area contributed by atoms with Gasteiger partial charge >= 0.3 is 0 Å². The highest BCUT2D eigenvalue weighted by molar-refractivity contribution is 5.96. The van der Waals surface area contributed by atoms with E-state index in [9.17, 15) is 14.7 Å². The Morgan fingerprint density at radius 3 is 2.30 bits per heavy atom. The summed E-state index contributed by atoms with van der Waals surface area (Å²) >= 11 is 0. The molecule has 0 saturated heterocycles. The Hall–Kier alpha value is -2.94. The van der Waals surface area contributed by atoms with Gasteiger partial charge in [0.25, 0.3) is 5.91 Å². The molecule has 220 valence electrons. The van der Waals surface area contributed by atoms with Crippen molar-refractivity contribution in [3.8, 4) is 5.75 Å². The Morgan fingerprint density at radius 1 is 0.975 bits per heavy atom. The van der Waals surface area contributed by atoms with E-state index in [1.165, 1.54) is 0 Å². The Labute approximate surface area is 239 Å². The molecule has 3 rings (SSSR count). The molecule has 1 aliphatic rings. The number of nitrogens with two attached hydrogens (primary N) is 1. The van der Waals surface area contributed by atoms with Crippen LogP contribution >= 0.6 is 0 Å². The van der Waals surface area contributed by atoms with Crippen molar-refractivity contribution in [1.29, 1.82) is 0 Å². The molecule has 0 spiro atoms. The van der Waals surface area contributed by atoms with E-state index in [1.54, 1.807) is 19.2 Å². The van der Waals surface area contributed by atoms with Crippen LogP contribution in [0.2, 0.25) is 0 Å². The molecule has 1 aliphatic carbocycles. The Kier molecular flexibility index (Phi) is 12.4. The zero-order valence-corrected chi connectivity index (χ0v) is 24.2. The second kappa shape index (κ2) is 15.7. The number of benzene rings is 2. The molecule has 0 bridgehead atoms. The molecule has 8 nitrogen and oxygen atoms in total. The molecule has 40 heavy (non-hydrogen) atoms. The third-order valence-corrected chi connectivity index (χ3v) is 8.11. The third-order valence-electron chi connectivity index (χ3n) is 8.11. The molecular formula is C32H47N3O5. The van der Waals surface area contributed by atoms with Crippen molar-refractivity contribution in [2.24, 2.45) is 17.6 Å². The third kappa shape index (κ3) is 8.53. The fraction of sp³-hybridized carbons (Fsp3) is 0.562. The maximum absolute atomic E-state index is 13.1. The zero-order chi connectivity index (χ0) is 29.0. The van der Waals surface area contributed by atoms with Gasteiger partial charge in [0, 0.05) is 32.8 Å². The molecule has 8 heteroatoms. The second-order valence-corrected chi connectivity index (χ2v) is 11.2. The van der Waals surface area contributed by atoms with Crippen LogP contribution in [0.1, 0.15) is 68.3 Å². The highest BCUT2D eigenvalue weighted by atomic mass is 16.5. The molecular weight excluding hydrogens is 506 g/mol. The number of para-hydroxylation sites is 1. The number of rotatable bonds is 17. The van der Waals surface area contributed by atoms with Crippen molar-refractivity contribution in [3.63, 3.8) is 0 Å². The summed E-state index contributed by atoms with van der Waals surface area (Å²) in [6, 6.07) is 16.5. The average Bonchev–Trinajstić information content (AvgIpc) is 2.93. The van der Waals surface area contributed by atoms with Gasteiger partial charge in [0.1, 0.15) is 5.75 Å². The molecule has 1 fully saturated rings. The van der Waals surface area contributed by atoms with E-state index < -0.39 is 17.6 Å². The highest BCUT2D eigenvalue weighted by Gasteiger charge is 2.45. The van der Waals surface area contributed by atoms with Crippen molar-refractivity contribution in [3.05, 3.63) is 65.7 Å². The fourth-order valence-electron chi connectivity index (χ4n) is 5.18. The molecule has 2 aromatic carbocycles. The van der Waals surface area contributed by atoms with Crippen molar-refractivity contribution in [2.75, 3.05) is 33.4 Å². The maximum Gasteiger partial charge on any atom is 0.255 e. The second-order valence-electron chi connectivity index (χ2n) is 11.2. The van der Waals surface area contributed by atoms with Gasteiger partial charge in [0.05, 0.1) is 23.7 Å². The number of nitrogens with one attached hydrogen (secondary N) is 2. The Bertz CT molecular complexity index is 1060. The Morgan fingerprint density at radius 2 is 1.65 bits per heavy atom. The Balaban J connectivity index is 1.49. The number of unbranched alkanes of at least 4 members (excludes halogenated alkanes) is 1. The standard InChI is InChI=1S/C32H47N3O5/c1-23(2)24(21-34-30(37)26-14-7-8-15-29(26)40-19-10-9-18-39-3)20-27(33)28(36)22-35-31(38)32(16-11-17-32)25-12-5-4-6-13-25/h4-8,12-15,23-24,27-28,36H,9-11,16-22,33H2,1-3H3,(H,34,37)(H,35,38). The molecule has 1 saturated carbocycles. The summed E-state index contributed by atoms with van der Waals surface area (Å²) in [4.78, 5) is 26.2. The van der Waals surface area contributed by atoms with Gasteiger partial charge in [-0.3, -0.25) is 9.59 Å². The van der Waals surface area contributed by atoms with Gasteiger partial charge < -0.3 is 30.9 Å². The minimum atomic E-state index is -0.888. The van der Waals surface area contributed by atoms with Crippen LogP contribution in [0.3, 0.4) is 0 Å². The lowest BCUT2D eigenvalue weighted by Crippen LogP contribution is -2.53. The van der Waals surface area contributed by atoms with Crippen molar-refractivity contribution in [2.45, 2.75) is 69.9 Å². The first-order chi connectivity index (χ1) is 19.3. The number of amides is 2. The molecule has 0 heterocycles. The lowest BCUT2D eigenvalue weighted by Gasteiger charge is -2.41. The van der Waals surface area contributed by atoms with Crippen LogP contribution in [0.15, 0.2) is 54.6 Å². The number of hydrogen-bond donors (Lipinski definition) is 4. The van der Waals surface area contributed by atoms with Gasteiger partial charge in [-0.1, -0.05) is 62.7 Å². The summed E-state index contributed by atoms with van der Waals surface area (Å²) in [5.41, 5.74) is 7.40. The monoisotopic (exact) mass is 553 g/mol. The lowest BCUT2D eigenvalue weighted by molar-refractivity contribution is -0.130. The van der Waals surface area contributed by atoms with Crippen LogP contribution in [-0.2, 0) is 14.9 Å². The number of carbonyl (C=O) groups is 2. The number of aliphatic hydroxyl groups excluding tert-OH is 1. The van der Waals surface area contributed by atoms with E-state index in [2.05, 4.69) is 24.5 Å². The first-order valence-corrected chi connectivity index (χ1v) is 14.5. The largest absolute Gasteiger partial charge is 0.493 e. The van der Waals surface area contributed by atoms with Crippen LogP contribution in [0, 0.1) is 11.8 Å². The normalized spacial score (nSPS) is 16.4. The fourth-order valence-corrected chi connectivity index (χ4v) is 5.18. The van der Waals surface area contributed by atoms with Gasteiger partial charge in [-0.2, -0.15) is 0 Å². The predicted molar refractivity (Wildman–Crippen MR) is 157 cm³/mol. The van der Waals surface area contributed by atoms with E-state index in [0.29, 0.717) is 37.5 Å². The van der Waals surface area contributed by atoms with Crippen LogP contribution in [0.5, 0.6) is 5.75 Å². The van der Waals surface area contributed by atoms with Crippen LogP contribution in [0.4, 0.5) is 0 Å². The summed E-state index contributed by atoms with van der Waals surface area (Å²) in [5, 5.41) is 16.8. The summed E-state index contributed by atoms with van der Waals surface area (Å²) < 4.78 is 10.9. The van der Waals surface area contributed by atoms with Gasteiger partial charge in [0.15, 0.2) is 0 Å². The first kappa shape index (κ1) is 31.6. The van der Waals surface area contributed by atoms with Crippen molar-refractivity contribution >= 4 is 11.8 Å². The lowest BCUT2D eigenvalue weighted by atomic mass is 9.64. The van der Waals surface area contributed by atoms with E-state index in [-0.39, 0.29) is 30.2 Å². The SMILES string of the molecule is COCCCCOc1ccccc1C(=O)NCC(CC(N)C(O)CNC(=O)C1(c2ccccc2)CCC1)C(C)C. The van der Waals surface area contributed by atoms with Gasteiger partial charge in [0.2, 0.25) is 5.91 Å². The molecule has 0 aromatic heterocycles. The highest BCUT2D eigenvalue weighted by Crippen LogP contribution is 2.43. The number of methoxy groups -OCH3 is 1. The molecule has 2 amide bonds. The topological polar surface area (TPSA) is 123 Å². The van der Waals surface area contributed by atoms with Gasteiger partial charge in [-0.05, 0) is 61.6 Å². The number of ether oxygens (including phenoxy) is 2. The van der Waals surface area contributed by atoms with E-state index in [1.807, 2.05) is 42.5 Å². The molecule has 2 aromatic rings. The quantitative estimate of drug-likeness (QED) is 0.221. The van der Waals surface area contributed by atoms with E-state index >= 15 is 0 Å². The first-order valence-electron chi connectivity index (χ1n) is 14.5. The number of aliphatic hydroxyl groups is 1. The summed E-state index contributed by atoms with van der Waals surface area (Å²) in [5.74, 6) is 0.585. The van der Waals surface area contributed by atoms with Crippen molar-refractivity contribution < 1.29 is 24.2 Å². The molecule has 5 N–H and O–H groups in total. The van der Waals surface area contributed by atoms with Crippen molar-refractivity contribution in [1.82, 2.24) is 10.6 Å². The van der Waals surface area contributed by atoms with E-state index in [4.69, 9.17) is 15.2 Å². The number of carbonyl (C=O) groups excluding carboxylic acids is 2. The maximum atomic E-state index is 13.1. The molecule has 3 unspecified atom stereocenters. The summed E-state index contributed by atoms with van der Waals surface area (Å²) in [7, 11) is 1.67. The van der Waals surface area contributed by atoms with Gasteiger partial charge in [-0.25, -0.2) is 0 Å². The van der Waals surface area contributed by atoms with Crippen LogP contribution in [-0.4, -0.2) is 62.5 Å². The molecule has 3 atom stereocenters. The van der Waals surface area contributed by atoms with Crippen LogP contribution < -0.4 is 21.1 Å². The minimum Gasteiger partial charge on any atom is -0.493 e. The number of hydrogen-bond acceptors (Lipinski definition) is 6. The average molecular weight is 554 g/mol. The molecule has 0 radical (unpaired) electrons. The van der Waals surface area contributed by atoms with E-state index in [0.717, 1.165) is 37.7 Å². The zero-order valence-electron chi connectivity index (χ0n) is 24.2. The predicted octanol–water partition coefficient (Wildman–Crippen LogP) is 3.81. The minimum absolute atomic E-state index is 0.0497. The molecule has 0 aliphatic heterocycles. The van der Waals surface area contributed by atoms with Gasteiger partial charge in [-0.15, -0.1) is 0 Å². The van der Waals surface area contributed by atoms with Crippen LogP contribution in [0.25, 0.3) is 0 Å². The summed E-state index contributed by atoms with van der Waals surface area (Å²) in [6.45, 7) is 5.87. The summed E-state index contributed by atoms with van der Waals surface area (Å²) in [6.07, 6.45) is 3.98.